The quantitative estimate of drug-likeness (QED) is 0.454. The summed E-state index contributed by atoms with van der Waals surface area (Å²) in [7, 11) is 1.69. The third-order valence-corrected chi connectivity index (χ3v) is 4.57. The number of hydrogen-bond acceptors (Lipinski definition) is 3. The predicted octanol–water partition coefficient (Wildman–Crippen LogP) is 5.68. The predicted molar refractivity (Wildman–Crippen MR) is 118 cm³/mol. The second-order valence-corrected chi connectivity index (χ2v) is 6.77. The van der Waals surface area contributed by atoms with Crippen molar-refractivity contribution in [3.63, 3.8) is 0 Å². The molecule has 0 heterocycles. The van der Waals surface area contributed by atoms with Crippen LogP contribution in [0.15, 0.2) is 72.8 Å². The number of benzene rings is 3. The van der Waals surface area contributed by atoms with Crippen LogP contribution in [-0.2, 0) is 19.6 Å². The lowest BCUT2D eigenvalue weighted by atomic mass is 10.1. The Morgan fingerprint density at radius 2 is 1.32 bits per heavy atom. The molecule has 0 radical (unpaired) electrons. The fraction of sp³-hybridized carbons (Fsp3) is 0.217. The Morgan fingerprint density at radius 3 is 1.96 bits per heavy atom. The monoisotopic (exact) mass is 417 g/mol. The maximum absolute atomic E-state index is 5.89. The van der Waals surface area contributed by atoms with Crippen LogP contribution in [0.2, 0.25) is 5.02 Å². The molecule has 28 heavy (non-hydrogen) atoms. The lowest BCUT2D eigenvalue weighted by Gasteiger charge is -2.09. The van der Waals surface area contributed by atoms with Gasteiger partial charge in [0.25, 0.3) is 0 Å². The van der Waals surface area contributed by atoms with Gasteiger partial charge in [0.2, 0.25) is 0 Å². The first-order valence-electron chi connectivity index (χ1n) is 9.03. The summed E-state index contributed by atoms with van der Waals surface area (Å²) in [5.41, 5.74) is 3.64. The molecule has 0 unspecified atom stereocenters. The molecule has 0 bridgehead atoms. The molecule has 0 aromatic heterocycles. The summed E-state index contributed by atoms with van der Waals surface area (Å²) in [4.78, 5) is 0. The van der Waals surface area contributed by atoms with Crippen LogP contribution in [0.4, 0.5) is 0 Å². The van der Waals surface area contributed by atoms with Crippen molar-refractivity contribution in [2.45, 2.75) is 19.6 Å². The molecule has 3 aromatic carbocycles. The highest BCUT2D eigenvalue weighted by molar-refractivity contribution is 6.30. The van der Waals surface area contributed by atoms with Crippen LogP contribution in [0.5, 0.6) is 11.5 Å². The van der Waals surface area contributed by atoms with Gasteiger partial charge in [-0.25, -0.2) is 0 Å². The zero-order valence-electron chi connectivity index (χ0n) is 15.9. The van der Waals surface area contributed by atoms with E-state index in [2.05, 4.69) is 29.6 Å². The maximum atomic E-state index is 5.89. The Kier molecular flexibility index (Phi) is 9.15. The molecule has 0 atom stereocenters. The van der Waals surface area contributed by atoms with Crippen molar-refractivity contribution in [1.29, 1.82) is 0 Å². The minimum absolute atomic E-state index is 0. The van der Waals surface area contributed by atoms with Gasteiger partial charge in [-0.15, -0.1) is 12.4 Å². The topological polar surface area (TPSA) is 30.5 Å². The second-order valence-electron chi connectivity index (χ2n) is 6.33. The van der Waals surface area contributed by atoms with Crippen molar-refractivity contribution >= 4 is 24.0 Å². The molecule has 0 saturated heterocycles. The highest BCUT2D eigenvalue weighted by atomic mass is 35.5. The van der Waals surface area contributed by atoms with Gasteiger partial charge in [0, 0.05) is 11.6 Å². The van der Waals surface area contributed by atoms with Crippen LogP contribution in [0.3, 0.4) is 0 Å². The van der Waals surface area contributed by atoms with Crippen LogP contribution in [0, 0.1) is 0 Å². The minimum Gasteiger partial charge on any atom is -0.497 e. The summed E-state index contributed by atoms with van der Waals surface area (Å²) in [6.07, 6.45) is 0.992. The standard InChI is InChI=1S/C23H24ClNO2.ClH/c1-26-22-10-4-18(5-11-22)14-15-25-16-19-6-12-23(13-7-19)27-17-20-2-8-21(24)9-3-20;/h2-13,25H,14-17H2,1H3;1H. The number of nitrogens with one attached hydrogen (secondary N) is 1. The normalized spacial score (nSPS) is 10.2. The van der Waals surface area contributed by atoms with Crippen LogP contribution in [-0.4, -0.2) is 13.7 Å². The Hall–Kier alpha value is -2.20. The first-order chi connectivity index (χ1) is 13.2. The number of ether oxygens (including phenoxy) is 2. The van der Waals surface area contributed by atoms with Crippen molar-refractivity contribution < 1.29 is 9.47 Å². The molecule has 3 rings (SSSR count). The van der Waals surface area contributed by atoms with Crippen molar-refractivity contribution in [2.24, 2.45) is 0 Å². The summed E-state index contributed by atoms with van der Waals surface area (Å²) in [6, 6.07) is 24.1. The van der Waals surface area contributed by atoms with Crippen LogP contribution < -0.4 is 14.8 Å². The van der Waals surface area contributed by atoms with E-state index in [1.54, 1.807) is 7.11 Å². The fourth-order valence-corrected chi connectivity index (χ4v) is 2.83. The molecule has 148 valence electrons. The number of halogens is 2. The van der Waals surface area contributed by atoms with E-state index < -0.39 is 0 Å². The van der Waals surface area contributed by atoms with Gasteiger partial charge in [-0.2, -0.15) is 0 Å². The highest BCUT2D eigenvalue weighted by Gasteiger charge is 1.99. The average Bonchev–Trinajstić information content (AvgIpc) is 2.72. The maximum Gasteiger partial charge on any atom is 0.119 e. The van der Waals surface area contributed by atoms with E-state index in [0.29, 0.717) is 6.61 Å². The molecule has 3 nitrogen and oxygen atoms in total. The zero-order chi connectivity index (χ0) is 18.9. The second kappa shape index (κ2) is 11.6. The molecule has 1 N–H and O–H groups in total. The van der Waals surface area contributed by atoms with Crippen molar-refractivity contribution in [3.05, 3.63) is 94.5 Å². The van der Waals surface area contributed by atoms with Gasteiger partial charge in [-0.05, 0) is 66.1 Å². The SMILES string of the molecule is COc1ccc(CCNCc2ccc(OCc3ccc(Cl)cc3)cc2)cc1.Cl. The molecule has 0 saturated carbocycles. The molecule has 3 aromatic rings. The van der Waals surface area contributed by atoms with E-state index in [9.17, 15) is 0 Å². The zero-order valence-corrected chi connectivity index (χ0v) is 17.4. The van der Waals surface area contributed by atoms with Gasteiger partial charge in [0.1, 0.15) is 18.1 Å². The van der Waals surface area contributed by atoms with Gasteiger partial charge < -0.3 is 14.8 Å². The highest BCUT2D eigenvalue weighted by Crippen LogP contribution is 2.16. The van der Waals surface area contributed by atoms with Gasteiger partial charge in [-0.3, -0.25) is 0 Å². The van der Waals surface area contributed by atoms with Gasteiger partial charge in [0.05, 0.1) is 7.11 Å². The van der Waals surface area contributed by atoms with Gasteiger partial charge in [0.15, 0.2) is 0 Å². The number of rotatable bonds is 9. The Labute approximate surface area is 178 Å². The molecule has 0 amide bonds. The summed E-state index contributed by atoms with van der Waals surface area (Å²) in [5, 5.41) is 4.22. The van der Waals surface area contributed by atoms with Crippen LogP contribution in [0.25, 0.3) is 0 Å². The fourth-order valence-electron chi connectivity index (χ4n) is 2.71. The average molecular weight is 418 g/mol. The van der Waals surface area contributed by atoms with E-state index in [1.165, 1.54) is 11.1 Å². The molecule has 0 aliphatic heterocycles. The third kappa shape index (κ3) is 7.08. The summed E-state index contributed by atoms with van der Waals surface area (Å²) < 4.78 is 11.0. The minimum atomic E-state index is 0. The Bertz CT molecular complexity index is 819. The first-order valence-corrected chi connectivity index (χ1v) is 9.40. The summed E-state index contributed by atoms with van der Waals surface area (Å²) >= 11 is 5.89. The lowest BCUT2D eigenvalue weighted by Crippen LogP contribution is -2.16. The molecule has 0 aliphatic carbocycles. The van der Waals surface area contributed by atoms with E-state index >= 15 is 0 Å². The smallest absolute Gasteiger partial charge is 0.119 e. The van der Waals surface area contributed by atoms with E-state index in [0.717, 1.165) is 41.6 Å². The Balaban J connectivity index is 0.00000280. The molecule has 0 fully saturated rings. The Morgan fingerprint density at radius 1 is 0.750 bits per heavy atom. The van der Waals surface area contributed by atoms with Crippen molar-refractivity contribution in [3.8, 4) is 11.5 Å². The largest absolute Gasteiger partial charge is 0.497 e. The van der Waals surface area contributed by atoms with E-state index in [1.807, 2.05) is 48.5 Å². The van der Waals surface area contributed by atoms with Crippen molar-refractivity contribution in [1.82, 2.24) is 5.32 Å². The molecule has 0 aliphatic rings. The molecule has 5 heteroatoms. The number of hydrogen-bond donors (Lipinski definition) is 1. The third-order valence-electron chi connectivity index (χ3n) is 4.32. The van der Waals surface area contributed by atoms with Gasteiger partial charge in [-0.1, -0.05) is 48.0 Å². The van der Waals surface area contributed by atoms with Crippen LogP contribution >= 0.6 is 24.0 Å². The summed E-state index contributed by atoms with van der Waals surface area (Å²) in [5.74, 6) is 1.76. The first kappa shape index (κ1) is 22.1. The van der Waals surface area contributed by atoms with E-state index in [4.69, 9.17) is 21.1 Å². The van der Waals surface area contributed by atoms with Crippen LogP contribution in [0.1, 0.15) is 16.7 Å². The molecular formula is C23H25Cl2NO2. The summed E-state index contributed by atoms with van der Waals surface area (Å²) in [6.45, 7) is 2.31. The lowest BCUT2D eigenvalue weighted by molar-refractivity contribution is 0.306. The van der Waals surface area contributed by atoms with Gasteiger partial charge >= 0.3 is 0 Å². The van der Waals surface area contributed by atoms with E-state index in [-0.39, 0.29) is 12.4 Å². The molecular weight excluding hydrogens is 393 g/mol. The molecule has 0 spiro atoms. The van der Waals surface area contributed by atoms with Crippen molar-refractivity contribution in [2.75, 3.05) is 13.7 Å². The number of methoxy groups -OCH3 is 1.